The first-order valence-electron chi connectivity index (χ1n) is 4.99. The third kappa shape index (κ3) is 3.21. The van der Waals surface area contributed by atoms with E-state index in [4.69, 9.17) is 4.74 Å². The van der Waals surface area contributed by atoms with E-state index >= 15 is 0 Å². The summed E-state index contributed by atoms with van der Waals surface area (Å²) in [7, 11) is -1.35. The molecule has 0 aliphatic carbocycles. The number of hydrogen-bond acceptors (Lipinski definition) is 1. The largest absolute Gasteiger partial charge is 0.488 e. The first-order valence-corrected chi connectivity index (χ1v) is 9.29. The molecule has 1 nitrogen and oxygen atoms in total. The van der Waals surface area contributed by atoms with Gasteiger partial charge in [-0.05, 0) is 27.2 Å². The molecule has 1 aromatic rings. The van der Waals surface area contributed by atoms with Crippen LogP contribution in [0.2, 0.25) is 19.6 Å². The summed E-state index contributed by atoms with van der Waals surface area (Å²) in [6.07, 6.45) is 1.77. The van der Waals surface area contributed by atoms with Crippen molar-refractivity contribution in [3.63, 3.8) is 0 Å². The fourth-order valence-electron chi connectivity index (χ4n) is 1.39. The number of ether oxygens (including phenoxy) is 1. The molecule has 0 aliphatic rings. The average Bonchev–Trinajstić information content (AvgIpc) is 2.14. The Balaban J connectivity index is 3.14. The van der Waals surface area contributed by atoms with Crippen molar-refractivity contribution in [2.45, 2.75) is 19.6 Å². The Morgan fingerprint density at radius 2 is 2.07 bits per heavy atom. The third-order valence-corrected chi connectivity index (χ3v) is 4.75. The highest BCUT2D eigenvalue weighted by Crippen LogP contribution is 2.25. The van der Waals surface area contributed by atoms with Crippen LogP contribution in [0.1, 0.15) is 0 Å². The van der Waals surface area contributed by atoms with E-state index in [9.17, 15) is 0 Å². The van der Waals surface area contributed by atoms with Gasteiger partial charge < -0.3 is 4.74 Å². The van der Waals surface area contributed by atoms with Crippen molar-refractivity contribution in [1.29, 1.82) is 0 Å². The molecule has 0 heterocycles. The van der Waals surface area contributed by atoms with Gasteiger partial charge in [0.15, 0.2) is 0 Å². The summed E-state index contributed by atoms with van der Waals surface area (Å²) >= 11 is 3.53. The summed E-state index contributed by atoms with van der Waals surface area (Å²) in [6, 6.07) is 6.25. The lowest BCUT2D eigenvalue weighted by Crippen LogP contribution is -2.38. The summed E-state index contributed by atoms with van der Waals surface area (Å²) in [5.74, 6) is 0.983. The van der Waals surface area contributed by atoms with Crippen molar-refractivity contribution < 1.29 is 4.74 Å². The van der Waals surface area contributed by atoms with Gasteiger partial charge in [0.1, 0.15) is 12.4 Å². The maximum Gasteiger partial charge on any atom is 0.133 e. The van der Waals surface area contributed by atoms with Crippen molar-refractivity contribution in [2.24, 2.45) is 0 Å². The Labute approximate surface area is 101 Å². The molecule has 1 rings (SSSR count). The topological polar surface area (TPSA) is 9.23 Å². The Bertz CT molecular complexity index is 355. The molecule has 0 bridgehead atoms. The summed E-state index contributed by atoms with van der Waals surface area (Å²) in [4.78, 5) is 0. The Morgan fingerprint density at radius 3 is 2.60 bits per heavy atom. The van der Waals surface area contributed by atoms with Crippen molar-refractivity contribution in [1.82, 2.24) is 0 Å². The predicted molar refractivity (Wildman–Crippen MR) is 72.8 cm³/mol. The van der Waals surface area contributed by atoms with Crippen LogP contribution < -0.4 is 9.92 Å². The first-order chi connectivity index (χ1) is 6.96. The lowest BCUT2D eigenvalue weighted by atomic mass is 10.3. The van der Waals surface area contributed by atoms with E-state index < -0.39 is 8.07 Å². The number of rotatable bonds is 4. The quantitative estimate of drug-likeness (QED) is 0.607. The van der Waals surface area contributed by atoms with Crippen molar-refractivity contribution >= 4 is 29.2 Å². The van der Waals surface area contributed by atoms with Gasteiger partial charge in [0.25, 0.3) is 0 Å². The molecule has 0 aromatic heterocycles. The zero-order chi connectivity index (χ0) is 11.5. The summed E-state index contributed by atoms with van der Waals surface area (Å²) in [6.45, 7) is 11.2. The van der Waals surface area contributed by atoms with Gasteiger partial charge in [-0.3, -0.25) is 0 Å². The van der Waals surface area contributed by atoms with E-state index in [1.165, 1.54) is 5.19 Å². The summed E-state index contributed by atoms with van der Waals surface area (Å²) < 4.78 is 6.75. The van der Waals surface area contributed by atoms with Gasteiger partial charge in [-0.1, -0.05) is 44.4 Å². The molecular formula is C12H17BrOSi. The van der Waals surface area contributed by atoms with Crippen LogP contribution in [0.3, 0.4) is 0 Å². The maximum atomic E-state index is 5.71. The van der Waals surface area contributed by atoms with Crippen LogP contribution in [0.4, 0.5) is 0 Å². The Morgan fingerprint density at radius 1 is 1.40 bits per heavy atom. The van der Waals surface area contributed by atoms with Crippen LogP contribution in [-0.2, 0) is 0 Å². The highest BCUT2D eigenvalue weighted by Gasteiger charge is 2.22. The molecule has 0 spiro atoms. The highest BCUT2D eigenvalue weighted by atomic mass is 79.9. The molecule has 0 unspecified atom stereocenters. The molecule has 82 valence electrons. The maximum absolute atomic E-state index is 5.71. The monoisotopic (exact) mass is 284 g/mol. The predicted octanol–water partition coefficient (Wildman–Crippen LogP) is 3.56. The zero-order valence-corrected chi connectivity index (χ0v) is 12.1. The van der Waals surface area contributed by atoms with E-state index in [0.717, 1.165) is 10.2 Å². The van der Waals surface area contributed by atoms with Gasteiger partial charge >= 0.3 is 0 Å². The van der Waals surface area contributed by atoms with Crippen molar-refractivity contribution in [3.8, 4) is 5.75 Å². The molecule has 0 radical (unpaired) electrons. The number of benzene rings is 1. The lowest BCUT2D eigenvalue weighted by Gasteiger charge is -2.21. The second kappa shape index (κ2) is 4.99. The van der Waals surface area contributed by atoms with Crippen LogP contribution in [0, 0.1) is 0 Å². The van der Waals surface area contributed by atoms with Crippen LogP contribution in [0.25, 0.3) is 0 Å². The van der Waals surface area contributed by atoms with Crippen LogP contribution >= 0.6 is 15.9 Å². The molecule has 15 heavy (non-hydrogen) atoms. The van der Waals surface area contributed by atoms with Crippen LogP contribution in [0.15, 0.2) is 35.3 Å². The van der Waals surface area contributed by atoms with Crippen LogP contribution in [0.5, 0.6) is 5.75 Å². The number of hydrogen-bond donors (Lipinski definition) is 0. The van der Waals surface area contributed by atoms with E-state index in [1.807, 2.05) is 6.07 Å². The molecular weight excluding hydrogens is 268 g/mol. The molecule has 1 aromatic carbocycles. The van der Waals surface area contributed by atoms with Gasteiger partial charge in [-0.25, -0.2) is 0 Å². The van der Waals surface area contributed by atoms with Crippen molar-refractivity contribution in [3.05, 3.63) is 35.3 Å². The van der Waals surface area contributed by atoms with E-state index in [0.29, 0.717) is 6.61 Å². The van der Waals surface area contributed by atoms with Crippen LogP contribution in [-0.4, -0.2) is 14.7 Å². The number of para-hydroxylation sites is 1. The molecule has 0 saturated carbocycles. The van der Waals surface area contributed by atoms with Gasteiger partial charge in [-0.15, -0.1) is 0 Å². The molecule has 0 amide bonds. The molecule has 3 heteroatoms. The average molecular weight is 285 g/mol. The lowest BCUT2D eigenvalue weighted by molar-refractivity contribution is 0.363. The molecule has 0 atom stereocenters. The highest BCUT2D eigenvalue weighted by molar-refractivity contribution is 9.10. The van der Waals surface area contributed by atoms with Gasteiger partial charge in [0, 0.05) is 0 Å². The SMILES string of the molecule is C=CCOc1c(Br)cccc1[Si](C)(C)C. The van der Waals surface area contributed by atoms with Crippen molar-refractivity contribution in [2.75, 3.05) is 6.61 Å². The minimum atomic E-state index is -1.35. The minimum Gasteiger partial charge on any atom is -0.488 e. The summed E-state index contributed by atoms with van der Waals surface area (Å²) in [5.41, 5.74) is 0. The van der Waals surface area contributed by atoms with E-state index in [-0.39, 0.29) is 0 Å². The fraction of sp³-hybridized carbons (Fsp3) is 0.333. The molecule has 0 saturated heterocycles. The first kappa shape index (κ1) is 12.5. The molecule has 0 aliphatic heterocycles. The standard InChI is InChI=1S/C12H17BrOSi/c1-5-9-14-12-10(13)7-6-8-11(12)15(2,3)4/h5-8H,1,9H2,2-4H3. The fourth-order valence-corrected chi connectivity index (χ4v) is 3.54. The van der Waals surface area contributed by atoms with Gasteiger partial charge in [-0.2, -0.15) is 0 Å². The molecule has 0 fully saturated rings. The third-order valence-electron chi connectivity index (χ3n) is 2.12. The smallest absolute Gasteiger partial charge is 0.133 e. The number of halogens is 1. The Hall–Kier alpha value is -0.543. The summed E-state index contributed by atoms with van der Waals surface area (Å²) in [5, 5.41) is 1.35. The second-order valence-corrected chi connectivity index (χ2v) is 10.4. The second-order valence-electron chi connectivity index (χ2n) is 4.47. The Kier molecular flexibility index (Phi) is 4.17. The van der Waals surface area contributed by atoms with E-state index in [1.54, 1.807) is 6.08 Å². The van der Waals surface area contributed by atoms with Gasteiger partial charge in [0.05, 0.1) is 12.5 Å². The zero-order valence-electron chi connectivity index (χ0n) is 9.51. The normalized spacial score (nSPS) is 11.2. The molecule has 0 N–H and O–H groups in total. The van der Waals surface area contributed by atoms with E-state index in [2.05, 4.69) is 54.3 Å². The van der Waals surface area contributed by atoms with Gasteiger partial charge in [0.2, 0.25) is 0 Å². The minimum absolute atomic E-state index is 0.556.